The van der Waals surface area contributed by atoms with Crippen molar-refractivity contribution in [2.75, 3.05) is 26.7 Å². The van der Waals surface area contributed by atoms with E-state index >= 15 is 0 Å². The monoisotopic (exact) mass is 274 g/mol. The molecule has 2 N–H and O–H groups in total. The van der Waals surface area contributed by atoms with Gasteiger partial charge in [0.05, 0.1) is 6.61 Å². The SMILES string of the molecule is CN1CCOC(c2noc(-c3cccc(CN)c3)n2)C1. The molecule has 0 saturated carbocycles. The van der Waals surface area contributed by atoms with E-state index in [2.05, 4.69) is 22.1 Å². The molecule has 0 aliphatic carbocycles. The second kappa shape index (κ2) is 5.70. The van der Waals surface area contributed by atoms with Gasteiger partial charge in [-0.15, -0.1) is 0 Å². The molecule has 1 unspecified atom stereocenters. The van der Waals surface area contributed by atoms with E-state index in [1.165, 1.54) is 0 Å². The number of hydrogen-bond acceptors (Lipinski definition) is 6. The van der Waals surface area contributed by atoms with Gasteiger partial charge in [-0.1, -0.05) is 17.3 Å². The molecule has 6 nitrogen and oxygen atoms in total. The summed E-state index contributed by atoms with van der Waals surface area (Å²) in [6, 6.07) is 7.81. The third-order valence-corrected chi connectivity index (χ3v) is 3.41. The van der Waals surface area contributed by atoms with Crippen LogP contribution in [0.5, 0.6) is 0 Å². The third-order valence-electron chi connectivity index (χ3n) is 3.41. The van der Waals surface area contributed by atoms with E-state index in [0.29, 0.717) is 24.9 Å². The van der Waals surface area contributed by atoms with Gasteiger partial charge < -0.3 is 19.9 Å². The van der Waals surface area contributed by atoms with Gasteiger partial charge in [-0.3, -0.25) is 0 Å². The van der Waals surface area contributed by atoms with Crippen LogP contribution in [-0.2, 0) is 11.3 Å². The molecule has 0 radical (unpaired) electrons. The summed E-state index contributed by atoms with van der Waals surface area (Å²) in [6.45, 7) is 2.89. The maximum absolute atomic E-state index is 5.68. The molecular weight excluding hydrogens is 256 g/mol. The van der Waals surface area contributed by atoms with Crippen molar-refractivity contribution in [3.63, 3.8) is 0 Å². The van der Waals surface area contributed by atoms with E-state index in [1.54, 1.807) is 0 Å². The Kier molecular flexibility index (Phi) is 3.77. The summed E-state index contributed by atoms with van der Waals surface area (Å²) in [6.07, 6.45) is -0.121. The maximum atomic E-state index is 5.68. The molecule has 106 valence electrons. The van der Waals surface area contributed by atoms with Crippen LogP contribution < -0.4 is 5.73 Å². The lowest BCUT2D eigenvalue weighted by Gasteiger charge is -2.27. The summed E-state index contributed by atoms with van der Waals surface area (Å²) in [7, 11) is 2.06. The highest BCUT2D eigenvalue weighted by molar-refractivity contribution is 5.54. The molecule has 20 heavy (non-hydrogen) atoms. The second-order valence-corrected chi connectivity index (χ2v) is 4.98. The summed E-state index contributed by atoms with van der Waals surface area (Å²) >= 11 is 0. The van der Waals surface area contributed by atoms with Gasteiger partial charge in [0, 0.05) is 25.2 Å². The fraction of sp³-hybridized carbons (Fsp3) is 0.429. The number of benzene rings is 1. The molecule has 1 aromatic heterocycles. The molecule has 1 atom stereocenters. The number of nitrogens with two attached hydrogens (primary N) is 1. The van der Waals surface area contributed by atoms with Crippen molar-refractivity contribution >= 4 is 0 Å². The highest BCUT2D eigenvalue weighted by Gasteiger charge is 2.24. The van der Waals surface area contributed by atoms with Crippen molar-refractivity contribution in [2.45, 2.75) is 12.6 Å². The molecule has 1 saturated heterocycles. The standard InChI is InChI=1S/C14H18N4O2/c1-18-5-6-19-12(9-18)13-16-14(20-17-13)11-4-2-3-10(7-11)8-15/h2-4,7,12H,5-6,8-9,15H2,1H3. The van der Waals surface area contributed by atoms with E-state index in [0.717, 1.165) is 24.2 Å². The number of rotatable bonds is 3. The van der Waals surface area contributed by atoms with Crippen molar-refractivity contribution < 1.29 is 9.26 Å². The van der Waals surface area contributed by atoms with E-state index in [9.17, 15) is 0 Å². The highest BCUT2D eigenvalue weighted by Crippen LogP contribution is 2.23. The zero-order chi connectivity index (χ0) is 13.9. The van der Waals surface area contributed by atoms with Crippen molar-refractivity contribution in [3.05, 3.63) is 35.7 Å². The zero-order valence-corrected chi connectivity index (χ0v) is 11.5. The third kappa shape index (κ3) is 2.72. The summed E-state index contributed by atoms with van der Waals surface area (Å²) < 4.78 is 11.0. The minimum Gasteiger partial charge on any atom is -0.367 e. The first-order valence-electron chi connectivity index (χ1n) is 6.69. The molecular formula is C14H18N4O2. The van der Waals surface area contributed by atoms with E-state index in [-0.39, 0.29) is 6.10 Å². The average Bonchev–Trinajstić information content (AvgIpc) is 2.97. The van der Waals surface area contributed by atoms with Crippen molar-refractivity contribution in [1.29, 1.82) is 0 Å². The molecule has 3 rings (SSSR count). The van der Waals surface area contributed by atoms with Gasteiger partial charge >= 0.3 is 0 Å². The second-order valence-electron chi connectivity index (χ2n) is 4.98. The van der Waals surface area contributed by atoms with Crippen LogP contribution in [0.4, 0.5) is 0 Å². The normalized spacial score (nSPS) is 20.2. The molecule has 2 heterocycles. The van der Waals surface area contributed by atoms with Gasteiger partial charge in [0.2, 0.25) is 5.82 Å². The van der Waals surface area contributed by atoms with Crippen LogP contribution in [0.3, 0.4) is 0 Å². The van der Waals surface area contributed by atoms with Crippen LogP contribution in [-0.4, -0.2) is 41.8 Å². The van der Waals surface area contributed by atoms with E-state index in [1.807, 2.05) is 24.3 Å². The number of morpholine rings is 1. The Morgan fingerprint density at radius 3 is 3.15 bits per heavy atom. The number of ether oxygens (including phenoxy) is 1. The van der Waals surface area contributed by atoms with Crippen LogP contribution in [0.25, 0.3) is 11.5 Å². The van der Waals surface area contributed by atoms with Gasteiger partial charge in [0.1, 0.15) is 6.10 Å². The summed E-state index contributed by atoms with van der Waals surface area (Å²) in [4.78, 5) is 6.64. The summed E-state index contributed by atoms with van der Waals surface area (Å²) in [5, 5.41) is 4.04. The molecule has 2 aromatic rings. The van der Waals surface area contributed by atoms with Crippen molar-refractivity contribution in [2.24, 2.45) is 5.73 Å². The van der Waals surface area contributed by atoms with Crippen LogP contribution >= 0.6 is 0 Å². The Morgan fingerprint density at radius 2 is 2.35 bits per heavy atom. The van der Waals surface area contributed by atoms with Gasteiger partial charge in [-0.25, -0.2) is 0 Å². The molecule has 0 spiro atoms. The Bertz CT molecular complexity index is 584. The molecule has 6 heteroatoms. The maximum Gasteiger partial charge on any atom is 0.258 e. The number of hydrogen-bond donors (Lipinski definition) is 1. The minimum absolute atomic E-state index is 0.121. The van der Waals surface area contributed by atoms with Gasteiger partial charge in [-0.05, 0) is 24.7 Å². The lowest BCUT2D eigenvalue weighted by atomic mass is 10.1. The van der Waals surface area contributed by atoms with Crippen LogP contribution in [0.1, 0.15) is 17.5 Å². The lowest BCUT2D eigenvalue weighted by Crippen LogP contribution is -2.35. The van der Waals surface area contributed by atoms with E-state index in [4.69, 9.17) is 15.0 Å². The number of likely N-dealkylation sites (N-methyl/N-ethyl adjacent to an activating group) is 1. The predicted octanol–water partition coefficient (Wildman–Crippen LogP) is 1.20. The highest BCUT2D eigenvalue weighted by atomic mass is 16.5. The average molecular weight is 274 g/mol. The number of nitrogens with zero attached hydrogens (tertiary/aromatic N) is 3. The smallest absolute Gasteiger partial charge is 0.258 e. The molecule has 0 bridgehead atoms. The Morgan fingerprint density at radius 1 is 1.45 bits per heavy atom. The Hall–Kier alpha value is -1.76. The first-order valence-corrected chi connectivity index (χ1v) is 6.69. The topological polar surface area (TPSA) is 77.4 Å². The zero-order valence-electron chi connectivity index (χ0n) is 11.5. The van der Waals surface area contributed by atoms with Crippen molar-refractivity contribution in [1.82, 2.24) is 15.0 Å². The number of aromatic nitrogens is 2. The fourth-order valence-corrected chi connectivity index (χ4v) is 2.25. The quantitative estimate of drug-likeness (QED) is 0.906. The summed E-state index contributed by atoms with van der Waals surface area (Å²) in [5.41, 5.74) is 7.56. The van der Waals surface area contributed by atoms with Crippen LogP contribution in [0, 0.1) is 0 Å². The first-order chi connectivity index (χ1) is 9.76. The van der Waals surface area contributed by atoms with Crippen LogP contribution in [0.15, 0.2) is 28.8 Å². The first kappa shape index (κ1) is 13.2. The van der Waals surface area contributed by atoms with Gasteiger partial charge in [0.25, 0.3) is 5.89 Å². The Balaban J connectivity index is 1.82. The van der Waals surface area contributed by atoms with Gasteiger partial charge in [-0.2, -0.15) is 4.98 Å². The largest absolute Gasteiger partial charge is 0.367 e. The summed E-state index contributed by atoms with van der Waals surface area (Å²) in [5.74, 6) is 1.11. The molecule has 1 aliphatic heterocycles. The fourth-order valence-electron chi connectivity index (χ4n) is 2.25. The molecule has 1 aromatic carbocycles. The minimum atomic E-state index is -0.121. The molecule has 1 fully saturated rings. The van der Waals surface area contributed by atoms with Crippen molar-refractivity contribution in [3.8, 4) is 11.5 Å². The molecule has 0 amide bonds. The lowest BCUT2D eigenvalue weighted by molar-refractivity contribution is -0.0264. The Labute approximate surface area is 117 Å². The van der Waals surface area contributed by atoms with Gasteiger partial charge in [0.15, 0.2) is 0 Å². The van der Waals surface area contributed by atoms with Crippen LogP contribution in [0.2, 0.25) is 0 Å². The van der Waals surface area contributed by atoms with E-state index < -0.39 is 0 Å². The predicted molar refractivity (Wildman–Crippen MR) is 73.8 cm³/mol. The molecule has 1 aliphatic rings.